The van der Waals surface area contributed by atoms with Crippen molar-refractivity contribution in [2.45, 2.75) is 0 Å². The van der Waals surface area contributed by atoms with Crippen LogP contribution in [0.25, 0.3) is 11.0 Å². The van der Waals surface area contributed by atoms with E-state index >= 15 is 0 Å². The first-order valence-electron chi connectivity index (χ1n) is 7.65. The van der Waals surface area contributed by atoms with Crippen molar-refractivity contribution in [3.63, 3.8) is 0 Å². The Bertz CT molecular complexity index is 991. The lowest BCUT2D eigenvalue weighted by Gasteiger charge is -2.19. The third-order valence-electron chi connectivity index (χ3n) is 3.70. The molecule has 0 aliphatic carbocycles. The van der Waals surface area contributed by atoms with Gasteiger partial charge in [0.1, 0.15) is 5.58 Å². The van der Waals surface area contributed by atoms with E-state index in [1.165, 1.54) is 6.07 Å². The predicted octanol–water partition coefficient (Wildman–Crippen LogP) is 3.82. The Morgan fingerprint density at radius 2 is 1.88 bits per heavy atom. The highest BCUT2D eigenvalue weighted by Crippen LogP contribution is 2.27. The molecule has 0 amide bonds. The molecule has 0 radical (unpaired) electrons. The first-order valence-corrected chi connectivity index (χ1v) is 7.65. The maximum absolute atomic E-state index is 11.5. The molecule has 1 aromatic heterocycles. The molecule has 0 unspecified atom stereocenters. The fraction of sp³-hybridized carbons (Fsp3) is 0.0952. The van der Waals surface area contributed by atoms with Crippen molar-refractivity contribution >= 4 is 16.7 Å². The predicted molar refractivity (Wildman–Crippen MR) is 98.4 cm³/mol. The van der Waals surface area contributed by atoms with Gasteiger partial charge in [0.25, 0.3) is 0 Å². The summed E-state index contributed by atoms with van der Waals surface area (Å²) >= 11 is 0. The smallest absolute Gasteiger partial charge is 0.336 e. The summed E-state index contributed by atoms with van der Waals surface area (Å²) in [5.41, 5.74) is 2.92. The molecule has 118 valence electrons. The lowest BCUT2D eigenvalue weighted by molar-refractivity contribution is 0.561. The number of rotatable bonds is 3. The summed E-state index contributed by atoms with van der Waals surface area (Å²) in [4.78, 5) is 13.5. The van der Waals surface area contributed by atoms with Gasteiger partial charge in [0.05, 0.1) is 11.3 Å². The van der Waals surface area contributed by atoms with Crippen LogP contribution in [0.1, 0.15) is 11.1 Å². The van der Waals surface area contributed by atoms with E-state index in [1.54, 1.807) is 12.1 Å². The summed E-state index contributed by atoms with van der Waals surface area (Å²) in [5, 5.41) is 0.825. The van der Waals surface area contributed by atoms with Crippen molar-refractivity contribution in [2.24, 2.45) is 0 Å². The average molecular weight is 315 g/mol. The van der Waals surface area contributed by atoms with Crippen molar-refractivity contribution in [3.05, 3.63) is 88.8 Å². The summed E-state index contributed by atoms with van der Waals surface area (Å²) in [6.07, 6.45) is 1.84. The number of hydrogen-bond acceptors (Lipinski definition) is 3. The quantitative estimate of drug-likeness (QED) is 0.418. The zero-order valence-electron chi connectivity index (χ0n) is 13.5. The van der Waals surface area contributed by atoms with Gasteiger partial charge in [-0.1, -0.05) is 36.1 Å². The lowest BCUT2D eigenvalue weighted by Crippen LogP contribution is -2.18. The van der Waals surface area contributed by atoms with Gasteiger partial charge in [-0.25, -0.2) is 4.79 Å². The van der Waals surface area contributed by atoms with E-state index in [2.05, 4.69) is 23.3 Å². The molecular weight excluding hydrogens is 298 g/mol. The van der Waals surface area contributed by atoms with Crippen molar-refractivity contribution in [1.29, 1.82) is 0 Å². The molecule has 3 rings (SSSR count). The summed E-state index contributed by atoms with van der Waals surface area (Å²) in [5.74, 6) is 6.43. The molecule has 3 heteroatoms. The fourth-order valence-corrected chi connectivity index (χ4v) is 2.53. The van der Waals surface area contributed by atoms with E-state index in [-0.39, 0.29) is 5.63 Å². The lowest BCUT2D eigenvalue weighted by atomic mass is 10.1. The molecule has 0 aliphatic heterocycles. The average Bonchev–Trinajstić information content (AvgIpc) is 2.60. The molecule has 0 aliphatic rings. The Labute approximate surface area is 140 Å². The maximum atomic E-state index is 11.5. The van der Waals surface area contributed by atoms with Crippen LogP contribution in [0.15, 0.2) is 76.5 Å². The molecule has 24 heavy (non-hydrogen) atoms. The van der Waals surface area contributed by atoms with Crippen LogP contribution in [-0.4, -0.2) is 13.6 Å². The molecule has 0 atom stereocenters. The summed E-state index contributed by atoms with van der Waals surface area (Å²) < 4.78 is 5.29. The summed E-state index contributed by atoms with van der Waals surface area (Å²) in [6.45, 7) is 4.48. The van der Waals surface area contributed by atoms with Gasteiger partial charge in [-0.2, -0.15) is 0 Å². The molecule has 3 aromatic rings. The number of hydrogen-bond donors (Lipinski definition) is 0. The van der Waals surface area contributed by atoms with E-state index in [1.807, 2.05) is 49.5 Å². The Kier molecular flexibility index (Phi) is 4.49. The van der Waals surface area contributed by atoms with Crippen LogP contribution in [0.4, 0.5) is 5.69 Å². The zero-order chi connectivity index (χ0) is 16.9. The van der Waals surface area contributed by atoms with E-state index in [4.69, 9.17) is 4.42 Å². The van der Waals surface area contributed by atoms with E-state index in [0.717, 1.165) is 22.2 Å². The third kappa shape index (κ3) is 3.23. The second-order valence-electron chi connectivity index (χ2n) is 5.41. The molecule has 0 N–H and O–H groups in total. The van der Waals surface area contributed by atoms with Crippen molar-refractivity contribution in [2.75, 3.05) is 18.5 Å². The normalized spacial score (nSPS) is 10.0. The first-order chi connectivity index (χ1) is 11.7. The van der Waals surface area contributed by atoms with Crippen LogP contribution in [0.2, 0.25) is 0 Å². The van der Waals surface area contributed by atoms with E-state index in [0.29, 0.717) is 12.1 Å². The van der Waals surface area contributed by atoms with E-state index < -0.39 is 0 Å². The molecule has 0 saturated carbocycles. The maximum Gasteiger partial charge on any atom is 0.336 e. The zero-order valence-corrected chi connectivity index (χ0v) is 13.5. The van der Waals surface area contributed by atoms with Crippen LogP contribution in [-0.2, 0) is 0 Å². The first kappa shape index (κ1) is 15.6. The molecular formula is C21H17NO2. The molecule has 2 aromatic carbocycles. The van der Waals surface area contributed by atoms with E-state index in [9.17, 15) is 4.79 Å². The second-order valence-corrected chi connectivity index (χ2v) is 5.41. The fourth-order valence-electron chi connectivity index (χ4n) is 2.53. The Morgan fingerprint density at radius 1 is 1.08 bits per heavy atom. The summed E-state index contributed by atoms with van der Waals surface area (Å²) in [7, 11) is 1.98. The number of likely N-dealkylation sites (N-methyl/N-ethyl adjacent to an activating group) is 1. The van der Waals surface area contributed by atoms with Gasteiger partial charge in [0.15, 0.2) is 0 Å². The minimum absolute atomic E-state index is 0.364. The largest absolute Gasteiger partial charge is 0.423 e. The third-order valence-corrected chi connectivity index (χ3v) is 3.70. The minimum atomic E-state index is -0.364. The Balaban J connectivity index is 2.21. The monoisotopic (exact) mass is 315 g/mol. The SMILES string of the molecule is C=CCN(C)c1ccc2oc(=O)ccc2c1C#Cc1ccccc1. The highest BCUT2D eigenvalue weighted by Gasteiger charge is 2.10. The Morgan fingerprint density at radius 3 is 2.62 bits per heavy atom. The number of anilines is 1. The van der Waals surface area contributed by atoms with Crippen LogP contribution in [0, 0.1) is 11.8 Å². The topological polar surface area (TPSA) is 33.5 Å². The minimum Gasteiger partial charge on any atom is -0.423 e. The van der Waals surface area contributed by atoms with Crippen molar-refractivity contribution in [3.8, 4) is 11.8 Å². The molecule has 3 nitrogen and oxygen atoms in total. The van der Waals surface area contributed by atoms with Crippen LogP contribution < -0.4 is 10.5 Å². The van der Waals surface area contributed by atoms with Crippen LogP contribution >= 0.6 is 0 Å². The molecule has 0 bridgehead atoms. The van der Waals surface area contributed by atoms with Gasteiger partial charge in [0, 0.05) is 30.6 Å². The number of benzene rings is 2. The summed E-state index contributed by atoms with van der Waals surface area (Å²) in [6, 6.07) is 16.7. The van der Waals surface area contributed by atoms with Crippen molar-refractivity contribution < 1.29 is 4.42 Å². The molecule has 0 fully saturated rings. The molecule has 0 spiro atoms. The standard InChI is InChI=1S/C21H17NO2/c1-3-15-22(2)19-12-13-20-18(11-14-21(23)24-20)17(19)10-9-16-7-5-4-6-8-16/h3-8,11-14H,1,15H2,2H3. The van der Waals surface area contributed by atoms with Gasteiger partial charge in [-0.15, -0.1) is 6.58 Å². The van der Waals surface area contributed by atoms with Gasteiger partial charge in [-0.05, 0) is 30.3 Å². The highest BCUT2D eigenvalue weighted by molar-refractivity contribution is 5.90. The van der Waals surface area contributed by atoms with Gasteiger partial charge < -0.3 is 9.32 Å². The Hall–Kier alpha value is -3.25. The van der Waals surface area contributed by atoms with Gasteiger partial charge in [-0.3, -0.25) is 0 Å². The van der Waals surface area contributed by atoms with Gasteiger partial charge in [0.2, 0.25) is 0 Å². The number of nitrogens with zero attached hydrogens (tertiary/aromatic N) is 1. The highest BCUT2D eigenvalue weighted by atomic mass is 16.4. The molecule has 1 heterocycles. The van der Waals surface area contributed by atoms with Crippen LogP contribution in [0.3, 0.4) is 0 Å². The second kappa shape index (κ2) is 6.89. The number of fused-ring (bicyclic) bond motifs is 1. The van der Waals surface area contributed by atoms with Crippen molar-refractivity contribution in [1.82, 2.24) is 0 Å². The van der Waals surface area contributed by atoms with Crippen LogP contribution in [0.5, 0.6) is 0 Å². The molecule has 0 saturated heterocycles. The van der Waals surface area contributed by atoms with Gasteiger partial charge >= 0.3 is 5.63 Å².